The number of nitrogens with one attached hydrogen (secondary N) is 2. The van der Waals surface area contributed by atoms with Gasteiger partial charge < -0.3 is 15.4 Å². The summed E-state index contributed by atoms with van der Waals surface area (Å²) in [5.41, 5.74) is 2.04. The van der Waals surface area contributed by atoms with Gasteiger partial charge in [0.1, 0.15) is 5.75 Å². The molecule has 0 spiro atoms. The van der Waals surface area contributed by atoms with E-state index in [0.717, 1.165) is 21.3 Å². The normalized spacial score (nSPS) is 12.3. The average Bonchev–Trinajstić information content (AvgIpc) is 2.32. The van der Waals surface area contributed by atoms with Crippen molar-refractivity contribution < 1.29 is 9.53 Å². The van der Waals surface area contributed by atoms with Crippen LogP contribution in [0.4, 0.5) is 0 Å². The zero-order chi connectivity index (χ0) is 15.3. The fourth-order valence-corrected chi connectivity index (χ4v) is 2.54. The minimum Gasteiger partial charge on any atom is -0.480 e. The van der Waals surface area contributed by atoms with E-state index in [1.807, 2.05) is 40.0 Å². The maximum atomic E-state index is 11.9. The van der Waals surface area contributed by atoms with Crippen molar-refractivity contribution in [3.8, 4) is 5.75 Å². The van der Waals surface area contributed by atoms with Gasteiger partial charge in [-0.25, -0.2) is 0 Å². The van der Waals surface area contributed by atoms with Crippen LogP contribution >= 0.6 is 15.9 Å². The molecule has 1 unspecified atom stereocenters. The van der Waals surface area contributed by atoms with E-state index < -0.39 is 6.10 Å². The molecular weight excluding hydrogens is 320 g/mol. The SMILES string of the molecule is CNCc1cc(Br)cc(C)c1OC(C)C(=O)NC(C)C. The minimum absolute atomic E-state index is 0.0993. The molecule has 0 aromatic heterocycles. The molecule has 0 heterocycles. The number of aryl methyl sites for hydroxylation is 1. The molecule has 0 saturated carbocycles. The standard InChI is InChI=1S/C15H23BrN2O2/c1-9(2)18-15(19)11(4)20-14-10(3)6-13(16)7-12(14)8-17-5/h6-7,9,11,17H,8H2,1-5H3,(H,18,19). The Morgan fingerprint density at radius 1 is 1.35 bits per heavy atom. The quantitative estimate of drug-likeness (QED) is 0.835. The molecule has 1 atom stereocenters. The molecule has 1 rings (SSSR count). The fraction of sp³-hybridized carbons (Fsp3) is 0.533. The van der Waals surface area contributed by atoms with Crippen molar-refractivity contribution in [3.05, 3.63) is 27.7 Å². The van der Waals surface area contributed by atoms with Crippen LogP contribution in [0.3, 0.4) is 0 Å². The van der Waals surface area contributed by atoms with Crippen LogP contribution < -0.4 is 15.4 Å². The average molecular weight is 343 g/mol. The number of ether oxygens (including phenoxy) is 1. The Morgan fingerprint density at radius 3 is 2.55 bits per heavy atom. The van der Waals surface area contributed by atoms with Crippen LogP contribution in [0.25, 0.3) is 0 Å². The van der Waals surface area contributed by atoms with Crippen molar-refractivity contribution in [2.75, 3.05) is 7.05 Å². The fourth-order valence-electron chi connectivity index (χ4n) is 1.92. The lowest BCUT2D eigenvalue weighted by Crippen LogP contribution is -2.40. The summed E-state index contributed by atoms with van der Waals surface area (Å²) >= 11 is 3.48. The van der Waals surface area contributed by atoms with Crippen LogP contribution in [0.15, 0.2) is 16.6 Å². The number of hydrogen-bond acceptors (Lipinski definition) is 3. The Hall–Kier alpha value is -1.07. The number of benzene rings is 1. The molecule has 0 aliphatic rings. The molecule has 1 aromatic carbocycles. The van der Waals surface area contributed by atoms with E-state index in [4.69, 9.17) is 4.74 Å². The molecule has 1 amide bonds. The molecule has 20 heavy (non-hydrogen) atoms. The van der Waals surface area contributed by atoms with Gasteiger partial charge >= 0.3 is 0 Å². The van der Waals surface area contributed by atoms with Gasteiger partial charge in [-0.15, -0.1) is 0 Å². The minimum atomic E-state index is -0.520. The van der Waals surface area contributed by atoms with Crippen LogP contribution in [0, 0.1) is 6.92 Å². The van der Waals surface area contributed by atoms with E-state index in [1.54, 1.807) is 6.92 Å². The number of amides is 1. The second-order valence-corrected chi connectivity index (χ2v) is 6.08. The number of carbonyl (C=O) groups excluding carboxylic acids is 1. The maximum absolute atomic E-state index is 11.9. The van der Waals surface area contributed by atoms with E-state index in [0.29, 0.717) is 6.54 Å². The number of carbonyl (C=O) groups is 1. The van der Waals surface area contributed by atoms with Gasteiger partial charge in [0.25, 0.3) is 5.91 Å². The summed E-state index contributed by atoms with van der Waals surface area (Å²) in [7, 11) is 1.88. The van der Waals surface area contributed by atoms with E-state index in [2.05, 4.69) is 26.6 Å². The van der Waals surface area contributed by atoms with Crippen molar-refractivity contribution in [2.24, 2.45) is 0 Å². The summed E-state index contributed by atoms with van der Waals surface area (Å²) in [6.07, 6.45) is -0.520. The summed E-state index contributed by atoms with van der Waals surface area (Å²) in [5.74, 6) is 0.673. The molecule has 0 aliphatic heterocycles. The molecule has 0 saturated heterocycles. The summed E-state index contributed by atoms with van der Waals surface area (Å²) in [4.78, 5) is 11.9. The highest BCUT2D eigenvalue weighted by Crippen LogP contribution is 2.29. The van der Waals surface area contributed by atoms with Crippen molar-refractivity contribution in [1.29, 1.82) is 0 Å². The molecule has 4 nitrogen and oxygen atoms in total. The summed E-state index contributed by atoms with van der Waals surface area (Å²) in [6, 6.07) is 4.10. The molecule has 1 aromatic rings. The number of halogens is 1. The van der Waals surface area contributed by atoms with E-state index >= 15 is 0 Å². The Bertz CT molecular complexity index is 475. The van der Waals surface area contributed by atoms with Gasteiger partial charge in [0, 0.05) is 22.6 Å². The van der Waals surface area contributed by atoms with Crippen LogP contribution in [-0.2, 0) is 11.3 Å². The van der Waals surface area contributed by atoms with Gasteiger partial charge in [0.05, 0.1) is 0 Å². The highest BCUT2D eigenvalue weighted by Gasteiger charge is 2.18. The van der Waals surface area contributed by atoms with E-state index in [9.17, 15) is 4.79 Å². The third-order valence-electron chi connectivity index (χ3n) is 2.78. The van der Waals surface area contributed by atoms with E-state index in [-0.39, 0.29) is 11.9 Å². The summed E-state index contributed by atoms with van der Waals surface area (Å²) in [5, 5.41) is 5.97. The molecule has 2 N–H and O–H groups in total. The lowest BCUT2D eigenvalue weighted by Gasteiger charge is -2.20. The number of rotatable bonds is 6. The molecule has 0 aliphatic carbocycles. The predicted octanol–water partition coefficient (Wildman–Crippen LogP) is 2.77. The third kappa shape index (κ3) is 4.80. The van der Waals surface area contributed by atoms with Crippen LogP contribution in [0.2, 0.25) is 0 Å². The molecular formula is C15H23BrN2O2. The van der Waals surface area contributed by atoms with Gasteiger partial charge in [-0.2, -0.15) is 0 Å². The zero-order valence-corrected chi connectivity index (χ0v) is 14.3. The Balaban J connectivity index is 2.93. The van der Waals surface area contributed by atoms with Crippen molar-refractivity contribution >= 4 is 21.8 Å². The first-order valence-corrected chi connectivity index (χ1v) is 7.55. The summed E-state index contributed by atoms with van der Waals surface area (Å²) < 4.78 is 6.88. The van der Waals surface area contributed by atoms with Crippen molar-refractivity contribution in [2.45, 2.75) is 46.4 Å². The molecule has 0 fully saturated rings. The van der Waals surface area contributed by atoms with Crippen LogP contribution in [-0.4, -0.2) is 25.1 Å². The summed E-state index contributed by atoms with van der Waals surface area (Å²) in [6.45, 7) is 8.30. The lowest BCUT2D eigenvalue weighted by molar-refractivity contribution is -0.127. The van der Waals surface area contributed by atoms with Crippen LogP contribution in [0.1, 0.15) is 31.9 Å². The molecule has 112 valence electrons. The van der Waals surface area contributed by atoms with Gasteiger partial charge in [0.15, 0.2) is 6.10 Å². The second kappa shape index (κ2) is 7.64. The lowest BCUT2D eigenvalue weighted by atomic mass is 10.1. The highest BCUT2D eigenvalue weighted by atomic mass is 79.9. The molecule has 5 heteroatoms. The van der Waals surface area contributed by atoms with Gasteiger partial charge in [-0.3, -0.25) is 4.79 Å². The first kappa shape index (κ1) is 17.0. The maximum Gasteiger partial charge on any atom is 0.260 e. The first-order valence-electron chi connectivity index (χ1n) is 6.75. The smallest absolute Gasteiger partial charge is 0.260 e. The van der Waals surface area contributed by atoms with E-state index in [1.165, 1.54) is 0 Å². The van der Waals surface area contributed by atoms with Gasteiger partial charge in [-0.1, -0.05) is 15.9 Å². The Kier molecular flexibility index (Phi) is 6.49. The van der Waals surface area contributed by atoms with Crippen molar-refractivity contribution in [3.63, 3.8) is 0 Å². The Morgan fingerprint density at radius 2 is 2.00 bits per heavy atom. The number of hydrogen-bond donors (Lipinski definition) is 2. The monoisotopic (exact) mass is 342 g/mol. The van der Waals surface area contributed by atoms with Gasteiger partial charge in [-0.05, 0) is 52.4 Å². The highest BCUT2D eigenvalue weighted by molar-refractivity contribution is 9.10. The molecule has 0 bridgehead atoms. The topological polar surface area (TPSA) is 50.4 Å². The first-order chi connectivity index (χ1) is 9.35. The van der Waals surface area contributed by atoms with Gasteiger partial charge in [0.2, 0.25) is 0 Å². The van der Waals surface area contributed by atoms with Crippen LogP contribution in [0.5, 0.6) is 5.75 Å². The third-order valence-corrected chi connectivity index (χ3v) is 3.24. The zero-order valence-electron chi connectivity index (χ0n) is 12.7. The predicted molar refractivity (Wildman–Crippen MR) is 85.0 cm³/mol. The van der Waals surface area contributed by atoms with Crippen molar-refractivity contribution in [1.82, 2.24) is 10.6 Å². The second-order valence-electron chi connectivity index (χ2n) is 5.16. The largest absolute Gasteiger partial charge is 0.480 e. The molecule has 0 radical (unpaired) electrons. The Labute approximate surface area is 129 Å².